The van der Waals surface area contributed by atoms with Gasteiger partial charge in [-0.05, 0) is 42.2 Å². The van der Waals surface area contributed by atoms with Crippen LogP contribution in [0, 0.1) is 5.82 Å². The van der Waals surface area contributed by atoms with E-state index in [1.807, 2.05) is 30.0 Å². The number of nitrogens with one attached hydrogen (secondary N) is 2. The van der Waals surface area contributed by atoms with Crippen LogP contribution in [0.5, 0.6) is 0 Å². The van der Waals surface area contributed by atoms with Crippen molar-refractivity contribution in [2.75, 3.05) is 19.6 Å². The minimum atomic E-state index is -0.277. The Balaban J connectivity index is 1.56. The predicted molar refractivity (Wildman–Crippen MR) is 105 cm³/mol. The highest BCUT2D eigenvalue weighted by Gasteiger charge is 2.20. The van der Waals surface area contributed by atoms with Gasteiger partial charge in [-0.1, -0.05) is 36.4 Å². The Labute approximate surface area is 159 Å². The molecule has 0 spiro atoms. The summed E-state index contributed by atoms with van der Waals surface area (Å²) in [5.74, 6) is 0.314. The van der Waals surface area contributed by atoms with Crippen LogP contribution in [0.1, 0.15) is 23.6 Å². The van der Waals surface area contributed by atoms with E-state index in [4.69, 9.17) is 0 Å². The Morgan fingerprint density at radius 1 is 1.15 bits per heavy atom. The molecular formula is C21H25FN4O. The minimum absolute atomic E-state index is 0.0425. The van der Waals surface area contributed by atoms with Gasteiger partial charge >= 0.3 is 0 Å². The molecule has 1 aliphatic heterocycles. The molecule has 3 rings (SSSR count). The number of fused-ring (bicyclic) bond motifs is 1. The highest BCUT2D eigenvalue weighted by atomic mass is 19.1. The molecule has 0 atom stereocenters. The molecule has 1 heterocycles. The van der Waals surface area contributed by atoms with Crippen LogP contribution in [0.4, 0.5) is 4.39 Å². The van der Waals surface area contributed by atoms with Gasteiger partial charge in [0.05, 0.1) is 13.1 Å². The molecule has 0 bridgehead atoms. The second-order valence-corrected chi connectivity index (χ2v) is 6.51. The normalized spacial score (nSPS) is 13.9. The van der Waals surface area contributed by atoms with Gasteiger partial charge in [0, 0.05) is 19.6 Å². The van der Waals surface area contributed by atoms with Crippen LogP contribution in [-0.2, 0) is 24.3 Å². The Morgan fingerprint density at radius 2 is 1.96 bits per heavy atom. The molecule has 1 aliphatic rings. The van der Waals surface area contributed by atoms with E-state index in [1.165, 1.54) is 23.3 Å². The maximum Gasteiger partial charge on any atom is 0.242 e. The first-order valence-corrected chi connectivity index (χ1v) is 9.27. The topological polar surface area (TPSA) is 56.7 Å². The molecule has 1 amide bonds. The lowest BCUT2D eigenvalue weighted by Crippen LogP contribution is -2.45. The molecule has 0 aromatic heterocycles. The smallest absolute Gasteiger partial charge is 0.242 e. The number of nitrogens with zero attached hydrogens (tertiary/aromatic N) is 2. The van der Waals surface area contributed by atoms with Crippen molar-refractivity contribution in [3.05, 3.63) is 71.0 Å². The molecule has 2 N–H and O–H groups in total. The predicted octanol–water partition coefficient (Wildman–Crippen LogP) is 2.47. The zero-order valence-electron chi connectivity index (χ0n) is 15.5. The van der Waals surface area contributed by atoms with Crippen molar-refractivity contribution in [2.24, 2.45) is 4.99 Å². The van der Waals surface area contributed by atoms with Crippen molar-refractivity contribution < 1.29 is 9.18 Å². The number of guanidine groups is 1. The average molecular weight is 368 g/mol. The van der Waals surface area contributed by atoms with Crippen LogP contribution in [0.2, 0.25) is 0 Å². The van der Waals surface area contributed by atoms with Crippen molar-refractivity contribution in [3.8, 4) is 0 Å². The summed E-state index contributed by atoms with van der Waals surface area (Å²) in [6.45, 7) is 4.54. The van der Waals surface area contributed by atoms with E-state index in [1.54, 1.807) is 6.07 Å². The molecule has 0 aliphatic carbocycles. The summed E-state index contributed by atoms with van der Waals surface area (Å²) in [4.78, 5) is 18.9. The summed E-state index contributed by atoms with van der Waals surface area (Å²) >= 11 is 0. The molecule has 0 fully saturated rings. The van der Waals surface area contributed by atoms with Gasteiger partial charge in [-0.25, -0.2) is 9.38 Å². The number of hydrogen-bond acceptors (Lipinski definition) is 2. The Bertz CT molecular complexity index is 821. The largest absolute Gasteiger partial charge is 0.357 e. The summed E-state index contributed by atoms with van der Waals surface area (Å²) in [6, 6.07) is 14.6. The third kappa shape index (κ3) is 5.29. The van der Waals surface area contributed by atoms with Gasteiger partial charge in [0.15, 0.2) is 5.96 Å². The van der Waals surface area contributed by atoms with Gasteiger partial charge < -0.3 is 15.5 Å². The van der Waals surface area contributed by atoms with Gasteiger partial charge in [0.2, 0.25) is 5.91 Å². The summed E-state index contributed by atoms with van der Waals surface area (Å²) in [6.07, 6.45) is 0.885. The monoisotopic (exact) mass is 368 g/mol. The molecular weight excluding hydrogens is 343 g/mol. The summed E-state index contributed by atoms with van der Waals surface area (Å²) in [5, 5.41) is 6.20. The highest BCUT2D eigenvalue weighted by molar-refractivity contribution is 5.86. The molecule has 6 heteroatoms. The first-order chi connectivity index (χ1) is 13.2. The lowest BCUT2D eigenvalue weighted by atomic mass is 10.00. The summed E-state index contributed by atoms with van der Waals surface area (Å²) in [7, 11) is 0. The summed E-state index contributed by atoms with van der Waals surface area (Å²) < 4.78 is 13.3. The molecule has 2 aromatic carbocycles. The number of hydrogen-bond donors (Lipinski definition) is 2. The van der Waals surface area contributed by atoms with E-state index in [2.05, 4.69) is 27.8 Å². The fraction of sp³-hybridized carbons (Fsp3) is 0.333. The average Bonchev–Trinajstić information content (AvgIpc) is 2.69. The molecule has 0 unspecified atom stereocenters. The first-order valence-electron chi connectivity index (χ1n) is 9.27. The van der Waals surface area contributed by atoms with Crippen LogP contribution in [0.15, 0.2) is 53.5 Å². The number of halogens is 1. The maximum atomic E-state index is 13.3. The van der Waals surface area contributed by atoms with Crippen LogP contribution < -0.4 is 10.6 Å². The van der Waals surface area contributed by atoms with E-state index < -0.39 is 0 Å². The van der Waals surface area contributed by atoms with E-state index in [0.717, 1.165) is 18.5 Å². The summed E-state index contributed by atoms with van der Waals surface area (Å²) in [5.41, 5.74) is 3.31. The Morgan fingerprint density at radius 3 is 2.74 bits per heavy atom. The van der Waals surface area contributed by atoms with Crippen LogP contribution in [0.25, 0.3) is 0 Å². The SMILES string of the molecule is CCNC(=NCc1cccc(F)c1)NCC(=O)N1CCc2ccccc2C1. The Hall–Kier alpha value is -2.89. The number of amides is 1. The van der Waals surface area contributed by atoms with Crippen LogP contribution in [0.3, 0.4) is 0 Å². The van der Waals surface area contributed by atoms with E-state index in [9.17, 15) is 9.18 Å². The van der Waals surface area contributed by atoms with Crippen LogP contribution in [-0.4, -0.2) is 36.4 Å². The molecule has 142 valence electrons. The highest BCUT2D eigenvalue weighted by Crippen LogP contribution is 2.18. The molecule has 27 heavy (non-hydrogen) atoms. The third-order valence-corrected chi connectivity index (χ3v) is 4.54. The molecule has 2 aromatic rings. The standard InChI is InChI=1S/C21H25FN4O/c1-2-23-21(24-13-16-6-5-9-19(22)12-16)25-14-20(27)26-11-10-17-7-3-4-8-18(17)15-26/h3-9,12H,2,10-11,13-15H2,1H3,(H2,23,24,25). The maximum absolute atomic E-state index is 13.3. The quantitative estimate of drug-likeness (QED) is 0.630. The van der Waals surface area contributed by atoms with Gasteiger partial charge in [-0.3, -0.25) is 4.79 Å². The third-order valence-electron chi connectivity index (χ3n) is 4.54. The number of carbonyl (C=O) groups excluding carboxylic acids is 1. The lowest BCUT2D eigenvalue weighted by molar-refractivity contribution is -0.130. The second-order valence-electron chi connectivity index (χ2n) is 6.51. The molecule has 5 nitrogen and oxygen atoms in total. The zero-order valence-corrected chi connectivity index (χ0v) is 15.5. The van der Waals surface area contributed by atoms with Gasteiger partial charge in [-0.15, -0.1) is 0 Å². The van der Waals surface area contributed by atoms with Gasteiger partial charge in [-0.2, -0.15) is 0 Å². The second kappa shape index (κ2) is 9.16. The number of rotatable bonds is 5. The number of carbonyl (C=O) groups is 1. The van der Waals surface area contributed by atoms with E-state index >= 15 is 0 Å². The number of aliphatic imine (C=N–C) groups is 1. The fourth-order valence-corrected chi connectivity index (χ4v) is 3.13. The lowest BCUT2D eigenvalue weighted by Gasteiger charge is -2.29. The van der Waals surface area contributed by atoms with Gasteiger partial charge in [0.1, 0.15) is 5.82 Å². The van der Waals surface area contributed by atoms with Crippen molar-refractivity contribution in [1.29, 1.82) is 0 Å². The van der Waals surface area contributed by atoms with Crippen molar-refractivity contribution >= 4 is 11.9 Å². The Kier molecular flexibility index (Phi) is 6.41. The van der Waals surface area contributed by atoms with E-state index in [-0.39, 0.29) is 18.3 Å². The zero-order chi connectivity index (χ0) is 19.1. The van der Waals surface area contributed by atoms with Crippen LogP contribution >= 0.6 is 0 Å². The van der Waals surface area contributed by atoms with Crippen molar-refractivity contribution in [2.45, 2.75) is 26.4 Å². The van der Waals surface area contributed by atoms with E-state index in [0.29, 0.717) is 25.6 Å². The first kappa shape index (κ1) is 18.9. The molecule has 0 saturated carbocycles. The molecule has 0 radical (unpaired) electrons. The van der Waals surface area contributed by atoms with Gasteiger partial charge in [0.25, 0.3) is 0 Å². The molecule has 0 saturated heterocycles. The van der Waals surface area contributed by atoms with Crippen molar-refractivity contribution in [1.82, 2.24) is 15.5 Å². The fourth-order valence-electron chi connectivity index (χ4n) is 3.13. The van der Waals surface area contributed by atoms with Crippen molar-refractivity contribution in [3.63, 3.8) is 0 Å². The number of benzene rings is 2. The minimum Gasteiger partial charge on any atom is -0.357 e.